The van der Waals surface area contributed by atoms with Crippen LogP contribution < -0.4 is 5.32 Å². The van der Waals surface area contributed by atoms with Gasteiger partial charge in [0.1, 0.15) is 0 Å². The van der Waals surface area contributed by atoms with Crippen molar-refractivity contribution in [1.82, 2.24) is 9.78 Å². The van der Waals surface area contributed by atoms with Crippen LogP contribution in [0.15, 0.2) is 28.9 Å². The Bertz CT molecular complexity index is 540. The highest BCUT2D eigenvalue weighted by Crippen LogP contribution is 2.24. The van der Waals surface area contributed by atoms with Crippen LogP contribution in [0.3, 0.4) is 0 Å². The number of anilines is 1. The van der Waals surface area contributed by atoms with Gasteiger partial charge in [-0.2, -0.15) is 5.10 Å². The molecule has 0 bridgehead atoms. The van der Waals surface area contributed by atoms with Gasteiger partial charge in [0, 0.05) is 29.0 Å². The molecule has 0 aliphatic carbocycles. The minimum Gasteiger partial charge on any atom is -0.378 e. The molecule has 1 atom stereocenters. The maximum Gasteiger partial charge on any atom is 0.0646 e. The van der Waals surface area contributed by atoms with Gasteiger partial charge in [0.15, 0.2) is 0 Å². The highest BCUT2D eigenvalue weighted by atomic mass is 79.9. The number of rotatable bonds is 3. The van der Waals surface area contributed by atoms with Crippen molar-refractivity contribution in [2.24, 2.45) is 7.05 Å². The molecule has 0 aliphatic rings. The van der Waals surface area contributed by atoms with E-state index in [1.54, 1.807) is 0 Å². The van der Waals surface area contributed by atoms with Crippen LogP contribution in [0, 0.1) is 13.8 Å². The van der Waals surface area contributed by atoms with Gasteiger partial charge in [0.05, 0.1) is 11.7 Å². The van der Waals surface area contributed by atoms with E-state index in [4.69, 9.17) is 0 Å². The lowest BCUT2D eigenvalue weighted by Gasteiger charge is -2.15. The zero-order chi connectivity index (χ0) is 13.3. The molecule has 1 heterocycles. The Balaban J connectivity index is 2.20. The second-order valence-corrected chi connectivity index (χ2v) is 5.64. The molecule has 0 radical (unpaired) electrons. The predicted molar refractivity (Wildman–Crippen MR) is 78.9 cm³/mol. The minimum absolute atomic E-state index is 0.243. The Kier molecular flexibility index (Phi) is 3.76. The molecule has 4 heteroatoms. The summed E-state index contributed by atoms with van der Waals surface area (Å²) in [6.07, 6.45) is 2.07. The lowest BCUT2D eigenvalue weighted by Crippen LogP contribution is -2.07. The first kappa shape index (κ1) is 13.1. The molecule has 1 aromatic carbocycles. The van der Waals surface area contributed by atoms with Gasteiger partial charge in [-0.15, -0.1) is 0 Å². The predicted octanol–water partition coefficient (Wildman–Crippen LogP) is 3.97. The Morgan fingerprint density at radius 2 is 2.00 bits per heavy atom. The fourth-order valence-corrected chi connectivity index (χ4v) is 2.80. The molecule has 2 rings (SSSR count). The molecule has 0 saturated heterocycles. The van der Waals surface area contributed by atoms with Crippen LogP contribution in [0.4, 0.5) is 5.69 Å². The van der Waals surface area contributed by atoms with Crippen molar-refractivity contribution in [3.63, 3.8) is 0 Å². The summed E-state index contributed by atoms with van der Waals surface area (Å²) in [6, 6.07) is 6.58. The third-order valence-corrected chi connectivity index (χ3v) is 3.40. The Hall–Kier alpha value is -1.29. The van der Waals surface area contributed by atoms with Gasteiger partial charge in [-0.25, -0.2) is 0 Å². The molecule has 3 nitrogen and oxygen atoms in total. The molecular formula is C14H18BrN3. The summed E-state index contributed by atoms with van der Waals surface area (Å²) < 4.78 is 2.95. The SMILES string of the molecule is Cc1cc(Br)cc(NC(C)c2cn(C)nc2C)c1. The van der Waals surface area contributed by atoms with E-state index >= 15 is 0 Å². The van der Waals surface area contributed by atoms with Crippen LogP contribution in [-0.4, -0.2) is 9.78 Å². The van der Waals surface area contributed by atoms with Crippen molar-refractivity contribution in [2.75, 3.05) is 5.32 Å². The molecule has 1 unspecified atom stereocenters. The number of aryl methyl sites for hydroxylation is 3. The first-order chi connectivity index (χ1) is 8.45. The van der Waals surface area contributed by atoms with E-state index in [1.807, 2.05) is 18.7 Å². The van der Waals surface area contributed by atoms with Gasteiger partial charge < -0.3 is 5.32 Å². The summed E-state index contributed by atoms with van der Waals surface area (Å²) in [5.74, 6) is 0. The van der Waals surface area contributed by atoms with Crippen LogP contribution in [0.2, 0.25) is 0 Å². The first-order valence-electron chi connectivity index (χ1n) is 5.99. The highest BCUT2D eigenvalue weighted by Gasteiger charge is 2.11. The third kappa shape index (κ3) is 2.93. The molecule has 96 valence electrons. The summed E-state index contributed by atoms with van der Waals surface area (Å²) in [4.78, 5) is 0. The summed E-state index contributed by atoms with van der Waals surface area (Å²) in [7, 11) is 1.95. The fourth-order valence-electron chi connectivity index (χ4n) is 2.19. The minimum atomic E-state index is 0.243. The molecule has 0 amide bonds. The van der Waals surface area contributed by atoms with Gasteiger partial charge in [0.2, 0.25) is 0 Å². The Labute approximate surface area is 116 Å². The van der Waals surface area contributed by atoms with Crippen molar-refractivity contribution in [1.29, 1.82) is 0 Å². The summed E-state index contributed by atoms with van der Waals surface area (Å²) in [6.45, 7) is 6.29. The maximum absolute atomic E-state index is 4.38. The van der Waals surface area contributed by atoms with Gasteiger partial charge >= 0.3 is 0 Å². The molecule has 0 aliphatic heterocycles. The van der Waals surface area contributed by atoms with E-state index in [0.717, 1.165) is 15.9 Å². The molecule has 0 fully saturated rings. The summed E-state index contributed by atoms with van der Waals surface area (Å²) in [5.41, 5.74) is 4.67. The van der Waals surface area contributed by atoms with Gasteiger partial charge in [-0.3, -0.25) is 4.68 Å². The molecule has 18 heavy (non-hydrogen) atoms. The van der Waals surface area contributed by atoms with E-state index in [-0.39, 0.29) is 6.04 Å². The van der Waals surface area contributed by atoms with Crippen molar-refractivity contribution < 1.29 is 0 Å². The van der Waals surface area contributed by atoms with Crippen LogP contribution in [0.25, 0.3) is 0 Å². The summed E-state index contributed by atoms with van der Waals surface area (Å²) in [5, 5.41) is 7.89. The average Bonchev–Trinajstić information content (AvgIpc) is 2.56. The number of hydrogen-bond donors (Lipinski definition) is 1. The number of nitrogens with zero attached hydrogens (tertiary/aromatic N) is 2. The van der Waals surface area contributed by atoms with Crippen molar-refractivity contribution in [3.8, 4) is 0 Å². The number of aromatic nitrogens is 2. The number of nitrogens with one attached hydrogen (secondary N) is 1. The highest BCUT2D eigenvalue weighted by molar-refractivity contribution is 9.10. The molecule has 1 N–H and O–H groups in total. The van der Waals surface area contributed by atoms with Crippen LogP contribution >= 0.6 is 15.9 Å². The molecular weight excluding hydrogens is 290 g/mol. The lowest BCUT2D eigenvalue weighted by molar-refractivity contribution is 0.756. The molecule has 0 saturated carbocycles. The zero-order valence-corrected chi connectivity index (χ0v) is 12.7. The number of hydrogen-bond acceptors (Lipinski definition) is 2. The second kappa shape index (κ2) is 5.14. The van der Waals surface area contributed by atoms with E-state index in [9.17, 15) is 0 Å². The molecule has 0 spiro atoms. The normalized spacial score (nSPS) is 12.5. The first-order valence-corrected chi connectivity index (χ1v) is 6.79. The third-order valence-electron chi connectivity index (χ3n) is 2.94. The van der Waals surface area contributed by atoms with Crippen LogP contribution in [0.1, 0.15) is 29.8 Å². The van der Waals surface area contributed by atoms with Crippen LogP contribution in [0.5, 0.6) is 0 Å². The fraction of sp³-hybridized carbons (Fsp3) is 0.357. The molecule has 1 aromatic heterocycles. The quantitative estimate of drug-likeness (QED) is 0.929. The summed E-state index contributed by atoms with van der Waals surface area (Å²) >= 11 is 3.52. The van der Waals surface area contributed by atoms with Gasteiger partial charge in [-0.1, -0.05) is 15.9 Å². The Morgan fingerprint density at radius 3 is 2.56 bits per heavy atom. The van der Waals surface area contributed by atoms with Crippen molar-refractivity contribution in [2.45, 2.75) is 26.8 Å². The number of benzene rings is 1. The van der Waals surface area contributed by atoms with Crippen LogP contribution in [-0.2, 0) is 7.05 Å². The van der Waals surface area contributed by atoms with E-state index in [0.29, 0.717) is 0 Å². The van der Waals surface area contributed by atoms with E-state index < -0.39 is 0 Å². The molecule has 2 aromatic rings. The van der Waals surface area contributed by atoms with Crippen molar-refractivity contribution >= 4 is 21.6 Å². The smallest absolute Gasteiger partial charge is 0.0646 e. The Morgan fingerprint density at radius 1 is 1.28 bits per heavy atom. The largest absolute Gasteiger partial charge is 0.378 e. The monoisotopic (exact) mass is 307 g/mol. The van der Waals surface area contributed by atoms with E-state index in [1.165, 1.54) is 11.1 Å². The standard InChI is InChI=1S/C14H18BrN3/c1-9-5-12(15)7-13(6-9)16-10(2)14-8-18(4)17-11(14)3/h5-8,10,16H,1-4H3. The maximum atomic E-state index is 4.38. The zero-order valence-electron chi connectivity index (χ0n) is 11.2. The van der Waals surface area contributed by atoms with E-state index in [2.05, 4.69) is 64.6 Å². The average molecular weight is 308 g/mol. The van der Waals surface area contributed by atoms with Gasteiger partial charge in [-0.05, 0) is 44.5 Å². The number of halogens is 1. The lowest BCUT2D eigenvalue weighted by atomic mass is 10.1. The van der Waals surface area contributed by atoms with Crippen molar-refractivity contribution in [3.05, 3.63) is 45.7 Å². The van der Waals surface area contributed by atoms with Gasteiger partial charge in [0.25, 0.3) is 0 Å². The second-order valence-electron chi connectivity index (χ2n) is 4.73. The topological polar surface area (TPSA) is 29.9 Å².